The number of carbonyl (C=O) groups is 3. The summed E-state index contributed by atoms with van der Waals surface area (Å²) in [5.74, 6) is -3.02. The molecule has 0 atom stereocenters. The van der Waals surface area contributed by atoms with Crippen molar-refractivity contribution in [3.05, 3.63) is 24.3 Å². The molecule has 0 radical (unpaired) electrons. The first-order valence-corrected chi connectivity index (χ1v) is 4.69. The van der Waals surface area contributed by atoms with E-state index in [0.29, 0.717) is 0 Å². The molecule has 8 heteroatoms. The number of aromatic nitrogens is 2. The summed E-state index contributed by atoms with van der Waals surface area (Å²) in [4.78, 5) is 40.5. The van der Waals surface area contributed by atoms with Gasteiger partial charge in [-0.15, -0.1) is 0 Å². The van der Waals surface area contributed by atoms with Gasteiger partial charge in [0.2, 0.25) is 5.82 Å². The smallest absolute Gasteiger partial charge is 0.398 e. The Bertz CT molecular complexity index is 420. The standard InChI is InChI=1S/C9H10N4O4/c1-2-17-9(16)8(15)13-12-7(14)6-10-4-3-5-11-6/h3-5H,2H2,1H3,(H,12,14)(H,13,15). The van der Waals surface area contributed by atoms with Gasteiger partial charge < -0.3 is 4.74 Å². The number of esters is 1. The zero-order valence-corrected chi connectivity index (χ0v) is 8.97. The second-order valence-electron chi connectivity index (χ2n) is 2.70. The number of rotatable bonds is 2. The average Bonchev–Trinajstić information content (AvgIpc) is 2.36. The van der Waals surface area contributed by atoms with Gasteiger partial charge in [-0.05, 0) is 13.0 Å². The first-order chi connectivity index (χ1) is 8.15. The van der Waals surface area contributed by atoms with Gasteiger partial charge in [0.15, 0.2) is 0 Å². The molecule has 2 amide bonds. The normalized spacial score (nSPS) is 9.24. The number of amides is 2. The quantitative estimate of drug-likeness (QED) is 0.380. The first kappa shape index (κ1) is 12.6. The topological polar surface area (TPSA) is 110 Å². The maximum atomic E-state index is 11.3. The molecule has 0 spiro atoms. The zero-order chi connectivity index (χ0) is 12.7. The van der Waals surface area contributed by atoms with Gasteiger partial charge in [-0.1, -0.05) is 0 Å². The van der Waals surface area contributed by atoms with E-state index in [1.807, 2.05) is 10.9 Å². The summed E-state index contributed by atoms with van der Waals surface area (Å²) >= 11 is 0. The minimum Gasteiger partial charge on any atom is -0.459 e. The van der Waals surface area contributed by atoms with Gasteiger partial charge in [0.1, 0.15) is 0 Å². The van der Waals surface area contributed by atoms with E-state index in [1.54, 1.807) is 6.92 Å². The van der Waals surface area contributed by atoms with Crippen LogP contribution in [0.25, 0.3) is 0 Å². The molecule has 17 heavy (non-hydrogen) atoms. The lowest BCUT2D eigenvalue weighted by Crippen LogP contribution is -2.45. The van der Waals surface area contributed by atoms with E-state index < -0.39 is 17.8 Å². The molecule has 0 aromatic carbocycles. The van der Waals surface area contributed by atoms with Crippen molar-refractivity contribution in [1.29, 1.82) is 0 Å². The molecular weight excluding hydrogens is 228 g/mol. The SMILES string of the molecule is CCOC(=O)C(=O)NNC(=O)c1ncccn1. The summed E-state index contributed by atoms with van der Waals surface area (Å²) in [6.45, 7) is 1.63. The van der Waals surface area contributed by atoms with Crippen LogP contribution in [0.3, 0.4) is 0 Å². The van der Waals surface area contributed by atoms with Crippen molar-refractivity contribution >= 4 is 17.8 Å². The van der Waals surface area contributed by atoms with Crippen molar-refractivity contribution in [1.82, 2.24) is 20.8 Å². The van der Waals surface area contributed by atoms with E-state index in [9.17, 15) is 14.4 Å². The van der Waals surface area contributed by atoms with Gasteiger partial charge in [-0.2, -0.15) is 0 Å². The molecule has 8 nitrogen and oxygen atoms in total. The van der Waals surface area contributed by atoms with Gasteiger partial charge >= 0.3 is 17.8 Å². The lowest BCUT2D eigenvalue weighted by atomic mass is 10.5. The maximum Gasteiger partial charge on any atom is 0.398 e. The summed E-state index contributed by atoms with van der Waals surface area (Å²) in [5, 5.41) is 0. The maximum absolute atomic E-state index is 11.3. The minimum atomic E-state index is -1.08. The number of hydrogen-bond donors (Lipinski definition) is 2. The second kappa shape index (κ2) is 6.16. The van der Waals surface area contributed by atoms with E-state index >= 15 is 0 Å². The highest BCUT2D eigenvalue weighted by atomic mass is 16.5. The second-order valence-corrected chi connectivity index (χ2v) is 2.70. The van der Waals surface area contributed by atoms with Gasteiger partial charge in [0.25, 0.3) is 0 Å². The van der Waals surface area contributed by atoms with Crippen molar-refractivity contribution in [3.63, 3.8) is 0 Å². The number of nitrogens with zero attached hydrogens (tertiary/aromatic N) is 2. The van der Waals surface area contributed by atoms with Crippen LogP contribution >= 0.6 is 0 Å². The van der Waals surface area contributed by atoms with Crippen molar-refractivity contribution < 1.29 is 19.1 Å². The van der Waals surface area contributed by atoms with E-state index in [-0.39, 0.29) is 12.4 Å². The molecule has 0 unspecified atom stereocenters. The molecule has 1 rings (SSSR count). The number of hydrazine groups is 1. The third kappa shape index (κ3) is 3.86. The Morgan fingerprint density at radius 2 is 1.88 bits per heavy atom. The fourth-order valence-electron chi connectivity index (χ4n) is 0.833. The van der Waals surface area contributed by atoms with E-state index in [4.69, 9.17) is 0 Å². The molecule has 0 bridgehead atoms. The molecule has 0 fully saturated rings. The fourth-order valence-corrected chi connectivity index (χ4v) is 0.833. The fraction of sp³-hybridized carbons (Fsp3) is 0.222. The van der Waals surface area contributed by atoms with Crippen LogP contribution in [0.1, 0.15) is 17.5 Å². The summed E-state index contributed by atoms with van der Waals surface area (Å²) < 4.78 is 4.41. The van der Waals surface area contributed by atoms with Crippen molar-refractivity contribution in [2.75, 3.05) is 6.61 Å². The summed E-state index contributed by atoms with van der Waals surface area (Å²) in [5.41, 5.74) is 3.85. The Hall–Kier alpha value is -2.51. The minimum absolute atomic E-state index is 0.0714. The number of carbonyl (C=O) groups excluding carboxylic acids is 3. The average molecular weight is 238 g/mol. The van der Waals surface area contributed by atoms with Crippen LogP contribution in [0.15, 0.2) is 18.5 Å². The van der Waals surface area contributed by atoms with Gasteiger partial charge in [-0.25, -0.2) is 14.8 Å². The highest BCUT2D eigenvalue weighted by Crippen LogP contribution is 1.85. The Labute approximate surface area is 96.4 Å². The van der Waals surface area contributed by atoms with Crippen molar-refractivity contribution in [2.45, 2.75) is 6.92 Å². The summed E-state index contributed by atoms with van der Waals surface area (Å²) in [6.07, 6.45) is 2.74. The highest BCUT2D eigenvalue weighted by Gasteiger charge is 2.16. The lowest BCUT2D eigenvalue weighted by Gasteiger charge is -2.05. The monoisotopic (exact) mass is 238 g/mol. The summed E-state index contributed by atoms with van der Waals surface area (Å²) in [6, 6.07) is 1.54. The van der Waals surface area contributed by atoms with Gasteiger partial charge in [0.05, 0.1) is 6.61 Å². The van der Waals surface area contributed by atoms with Crippen molar-refractivity contribution in [3.8, 4) is 0 Å². The van der Waals surface area contributed by atoms with Crippen LogP contribution in [0, 0.1) is 0 Å². The molecule has 0 aliphatic carbocycles. The van der Waals surface area contributed by atoms with E-state index in [2.05, 4.69) is 14.7 Å². The lowest BCUT2D eigenvalue weighted by molar-refractivity contribution is -0.154. The van der Waals surface area contributed by atoms with Crippen LogP contribution in [-0.2, 0) is 14.3 Å². The number of ether oxygens (including phenoxy) is 1. The van der Waals surface area contributed by atoms with Gasteiger partial charge in [0, 0.05) is 12.4 Å². The molecular formula is C9H10N4O4. The summed E-state index contributed by atoms with van der Waals surface area (Å²) in [7, 11) is 0. The predicted molar refractivity (Wildman–Crippen MR) is 54.3 cm³/mol. The molecule has 0 saturated heterocycles. The molecule has 1 heterocycles. The molecule has 0 aliphatic rings. The molecule has 1 aromatic heterocycles. The van der Waals surface area contributed by atoms with Crippen molar-refractivity contribution in [2.24, 2.45) is 0 Å². The largest absolute Gasteiger partial charge is 0.459 e. The molecule has 2 N–H and O–H groups in total. The predicted octanol–water partition coefficient (Wildman–Crippen LogP) is -1.20. The van der Waals surface area contributed by atoms with Gasteiger partial charge in [-0.3, -0.25) is 20.4 Å². The number of hydrogen-bond acceptors (Lipinski definition) is 6. The zero-order valence-electron chi connectivity index (χ0n) is 8.97. The highest BCUT2D eigenvalue weighted by molar-refractivity contribution is 6.32. The van der Waals surface area contributed by atoms with E-state index in [1.165, 1.54) is 18.5 Å². The third-order valence-electron chi connectivity index (χ3n) is 1.52. The first-order valence-electron chi connectivity index (χ1n) is 4.69. The third-order valence-corrected chi connectivity index (χ3v) is 1.52. The van der Waals surface area contributed by atoms with Crippen LogP contribution in [0.2, 0.25) is 0 Å². The van der Waals surface area contributed by atoms with Crippen LogP contribution in [0.4, 0.5) is 0 Å². The Morgan fingerprint density at radius 1 is 1.24 bits per heavy atom. The Morgan fingerprint density at radius 3 is 2.47 bits per heavy atom. The molecule has 0 saturated carbocycles. The van der Waals surface area contributed by atoms with Crippen LogP contribution in [-0.4, -0.2) is 34.4 Å². The molecule has 1 aromatic rings. The van der Waals surface area contributed by atoms with Crippen LogP contribution in [0.5, 0.6) is 0 Å². The Balaban J connectivity index is 2.44. The molecule has 90 valence electrons. The number of nitrogens with one attached hydrogen (secondary N) is 2. The van der Waals surface area contributed by atoms with E-state index in [0.717, 1.165) is 0 Å². The van der Waals surface area contributed by atoms with Crippen LogP contribution < -0.4 is 10.9 Å². The Kier molecular flexibility index (Phi) is 4.55. The molecule has 0 aliphatic heterocycles.